The van der Waals surface area contributed by atoms with E-state index < -0.39 is 0 Å². The van der Waals surface area contributed by atoms with Gasteiger partial charge in [0.15, 0.2) is 5.82 Å². The van der Waals surface area contributed by atoms with Crippen LogP contribution >= 0.6 is 0 Å². The summed E-state index contributed by atoms with van der Waals surface area (Å²) in [7, 11) is 1.83. The molecule has 8 nitrogen and oxygen atoms in total. The second-order valence-electron chi connectivity index (χ2n) is 7.86. The molecule has 0 aliphatic carbocycles. The second kappa shape index (κ2) is 8.16. The number of nitrogens with zero attached hydrogens (tertiary/aromatic N) is 5. The molecule has 0 aromatic carbocycles. The summed E-state index contributed by atoms with van der Waals surface area (Å²) in [5, 5.41) is 7.24. The Morgan fingerprint density at radius 3 is 2.50 bits per heavy atom. The predicted octanol–water partition coefficient (Wildman–Crippen LogP) is 2.18. The van der Waals surface area contributed by atoms with Crippen LogP contribution in [0, 0.1) is 0 Å². The van der Waals surface area contributed by atoms with E-state index >= 15 is 0 Å². The average Bonchev–Trinajstić information content (AvgIpc) is 3.28. The van der Waals surface area contributed by atoms with Gasteiger partial charge in [-0.05, 0) is 25.7 Å². The van der Waals surface area contributed by atoms with Crippen molar-refractivity contribution in [2.75, 3.05) is 26.2 Å². The zero-order chi connectivity index (χ0) is 19.5. The molecule has 4 rings (SSSR count). The maximum atomic E-state index is 13.1. The summed E-state index contributed by atoms with van der Waals surface area (Å²) in [6, 6.07) is 0. The van der Waals surface area contributed by atoms with E-state index in [4.69, 9.17) is 0 Å². The number of hydrogen-bond donors (Lipinski definition) is 1. The Kier molecular flexibility index (Phi) is 5.45. The van der Waals surface area contributed by atoms with Crippen molar-refractivity contribution in [3.05, 3.63) is 35.7 Å². The van der Waals surface area contributed by atoms with E-state index in [2.05, 4.69) is 15.2 Å². The molecule has 2 aromatic heterocycles. The maximum absolute atomic E-state index is 13.1. The summed E-state index contributed by atoms with van der Waals surface area (Å²) in [5.41, 5.74) is 1.53. The molecule has 150 valence electrons. The zero-order valence-electron chi connectivity index (χ0n) is 16.4. The van der Waals surface area contributed by atoms with Crippen molar-refractivity contribution in [2.45, 2.75) is 44.4 Å². The van der Waals surface area contributed by atoms with Gasteiger partial charge >= 0.3 is 0 Å². The largest absolute Gasteiger partial charge is 0.339 e. The molecule has 2 aliphatic heterocycles. The van der Waals surface area contributed by atoms with E-state index in [0.717, 1.165) is 44.5 Å². The third-order valence-corrected chi connectivity index (χ3v) is 5.92. The van der Waals surface area contributed by atoms with Crippen molar-refractivity contribution >= 4 is 11.8 Å². The number of aromatic nitrogens is 4. The number of hydrogen-bond acceptors (Lipinski definition) is 4. The van der Waals surface area contributed by atoms with Gasteiger partial charge in [0.05, 0.1) is 17.5 Å². The minimum absolute atomic E-state index is 0.0582. The Bertz CT molecular complexity index is 833. The highest BCUT2D eigenvalue weighted by Crippen LogP contribution is 2.29. The Balaban J connectivity index is 1.50. The molecule has 2 fully saturated rings. The molecule has 1 N–H and O–H groups in total. The van der Waals surface area contributed by atoms with E-state index in [0.29, 0.717) is 24.5 Å². The number of H-pyrrole nitrogens is 1. The Morgan fingerprint density at radius 1 is 1.04 bits per heavy atom. The smallest absolute Gasteiger partial charge is 0.289 e. The normalized spacial score (nSPS) is 20.8. The summed E-state index contributed by atoms with van der Waals surface area (Å²) in [6.07, 6.45) is 11.4. The third-order valence-electron chi connectivity index (χ3n) is 5.92. The van der Waals surface area contributed by atoms with Crippen LogP contribution in [-0.4, -0.2) is 67.5 Å². The summed E-state index contributed by atoms with van der Waals surface area (Å²) in [5.74, 6) is 0.549. The maximum Gasteiger partial charge on any atom is 0.289 e. The fourth-order valence-corrected chi connectivity index (χ4v) is 4.33. The standard InChI is InChI=1S/C20H28N6O2/c1-24-12-8-21-18(24)20(28)26-11-6-7-15(14-26)17-16(13-22-23-17)19(27)25-9-4-2-3-5-10-25/h8,12-13,15H,2-7,9-11,14H2,1H3,(H,22,23)/t15-/m0/s1. The molecule has 8 heteroatoms. The van der Waals surface area contributed by atoms with Crippen LogP contribution in [0.15, 0.2) is 18.6 Å². The molecule has 2 aromatic rings. The van der Waals surface area contributed by atoms with Gasteiger partial charge in [-0.1, -0.05) is 12.8 Å². The van der Waals surface area contributed by atoms with Crippen LogP contribution in [0.3, 0.4) is 0 Å². The Labute approximate surface area is 164 Å². The number of aromatic amines is 1. The van der Waals surface area contributed by atoms with Crippen molar-refractivity contribution in [1.29, 1.82) is 0 Å². The lowest BCUT2D eigenvalue weighted by atomic mass is 9.92. The molecular formula is C20H28N6O2. The molecule has 0 unspecified atom stereocenters. The number of rotatable bonds is 3. The van der Waals surface area contributed by atoms with Crippen LogP contribution in [-0.2, 0) is 7.05 Å². The SMILES string of the molecule is Cn1ccnc1C(=O)N1CCC[C@H](c2[nH]ncc2C(=O)N2CCCCCC2)C1. The lowest BCUT2D eigenvalue weighted by Crippen LogP contribution is -2.41. The van der Waals surface area contributed by atoms with Crippen LogP contribution < -0.4 is 0 Å². The van der Waals surface area contributed by atoms with Crippen LogP contribution in [0.2, 0.25) is 0 Å². The monoisotopic (exact) mass is 384 g/mol. The highest BCUT2D eigenvalue weighted by atomic mass is 16.2. The highest BCUT2D eigenvalue weighted by molar-refractivity contribution is 5.95. The third kappa shape index (κ3) is 3.68. The van der Waals surface area contributed by atoms with Crippen molar-refractivity contribution in [3.8, 4) is 0 Å². The van der Waals surface area contributed by atoms with Gasteiger partial charge in [-0.25, -0.2) is 4.98 Å². The van der Waals surface area contributed by atoms with Gasteiger partial charge in [0.25, 0.3) is 11.8 Å². The van der Waals surface area contributed by atoms with Gasteiger partial charge in [-0.15, -0.1) is 0 Å². The molecule has 0 saturated carbocycles. The van der Waals surface area contributed by atoms with Gasteiger partial charge in [-0.3, -0.25) is 14.7 Å². The molecular weight excluding hydrogens is 356 g/mol. The van der Waals surface area contributed by atoms with Crippen molar-refractivity contribution in [2.24, 2.45) is 7.05 Å². The molecule has 2 amide bonds. The molecule has 0 radical (unpaired) electrons. The number of aryl methyl sites for hydroxylation is 1. The molecule has 4 heterocycles. The summed E-state index contributed by atoms with van der Waals surface area (Å²) >= 11 is 0. The number of carbonyl (C=O) groups is 2. The Morgan fingerprint density at radius 2 is 1.79 bits per heavy atom. The van der Waals surface area contributed by atoms with Gasteiger partial charge in [0.1, 0.15) is 0 Å². The fourth-order valence-electron chi connectivity index (χ4n) is 4.33. The van der Waals surface area contributed by atoms with Gasteiger partial charge in [0.2, 0.25) is 0 Å². The first-order chi connectivity index (χ1) is 13.6. The van der Waals surface area contributed by atoms with Crippen molar-refractivity contribution < 1.29 is 9.59 Å². The quantitative estimate of drug-likeness (QED) is 0.879. The number of piperidine rings is 1. The molecule has 1 atom stereocenters. The highest BCUT2D eigenvalue weighted by Gasteiger charge is 2.31. The van der Waals surface area contributed by atoms with E-state index in [-0.39, 0.29) is 17.7 Å². The predicted molar refractivity (Wildman–Crippen MR) is 104 cm³/mol. The number of carbonyl (C=O) groups excluding carboxylic acids is 2. The van der Waals surface area contributed by atoms with Gasteiger partial charge in [0, 0.05) is 51.5 Å². The average molecular weight is 384 g/mol. The van der Waals surface area contributed by atoms with Gasteiger partial charge in [-0.2, -0.15) is 5.10 Å². The topological polar surface area (TPSA) is 87.1 Å². The number of amides is 2. The first kappa shape index (κ1) is 18.7. The first-order valence-electron chi connectivity index (χ1n) is 10.2. The number of nitrogens with one attached hydrogen (secondary N) is 1. The van der Waals surface area contributed by atoms with Crippen LogP contribution in [0.5, 0.6) is 0 Å². The van der Waals surface area contributed by atoms with E-state index in [1.807, 2.05) is 16.8 Å². The fraction of sp³-hybridized carbons (Fsp3) is 0.600. The zero-order valence-corrected chi connectivity index (χ0v) is 16.4. The molecule has 0 bridgehead atoms. The van der Waals surface area contributed by atoms with E-state index in [9.17, 15) is 9.59 Å². The van der Waals surface area contributed by atoms with E-state index in [1.165, 1.54) is 12.8 Å². The van der Waals surface area contributed by atoms with Crippen molar-refractivity contribution in [1.82, 2.24) is 29.5 Å². The molecule has 2 aliphatic rings. The summed E-state index contributed by atoms with van der Waals surface area (Å²) in [4.78, 5) is 33.9. The van der Waals surface area contributed by atoms with Crippen LogP contribution in [0.1, 0.15) is 71.1 Å². The Hall–Kier alpha value is -2.64. The van der Waals surface area contributed by atoms with Crippen LogP contribution in [0.25, 0.3) is 0 Å². The number of imidazole rings is 1. The summed E-state index contributed by atoms with van der Waals surface area (Å²) in [6.45, 7) is 2.93. The first-order valence-corrected chi connectivity index (χ1v) is 10.2. The minimum Gasteiger partial charge on any atom is -0.339 e. The van der Waals surface area contributed by atoms with E-state index in [1.54, 1.807) is 23.2 Å². The van der Waals surface area contributed by atoms with Gasteiger partial charge < -0.3 is 14.4 Å². The minimum atomic E-state index is -0.0582. The second-order valence-corrected chi connectivity index (χ2v) is 7.86. The molecule has 28 heavy (non-hydrogen) atoms. The lowest BCUT2D eigenvalue weighted by Gasteiger charge is -2.32. The van der Waals surface area contributed by atoms with Crippen molar-refractivity contribution in [3.63, 3.8) is 0 Å². The van der Waals surface area contributed by atoms with Crippen LogP contribution in [0.4, 0.5) is 0 Å². The summed E-state index contributed by atoms with van der Waals surface area (Å²) < 4.78 is 1.75. The molecule has 2 saturated heterocycles. The molecule has 0 spiro atoms. The lowest BCUT2D eigenvalue weighted by molar-refractivity contribution is 0.0689. The number of likely N-dealkylation sites (tertiary alicyclic amines) is 2.